The minimum absolute atomic E-state index is 0.231. The van der Waals surface area contributed by atoms with Crippen molar-refractivity contribution in [2.75, 3.05) is 6.61 Å². The lowest BCUT2D eigenvalue weighted by molar-refractivity contribution is 0.0526. The minimum atomic E-state index is -0.468. The number of esters is 1. The van der Waals surface area contributed by atoms with Crippen LogP contribution in [0.5, 0.6) is 5.88 Å². The Bertz CT molecular complexity index is 1460. The van der Waals surface area contributed by atoms with E-state index in [2.05, 4.69) is 30.1 Å². The zero-order valence-electron chi connectivity index (χ0n) is 19.3. The van der Waals surface area contributed by atoms with Gasteiger partial charge >= 0.3 is 5.97 Å². The first-order chi connectivity index (χ1) is 17.2. The van der Waals surface area contributed by atoms with Gasteiger partial charge in [-0.1, -0.05) is 30.3 Å². The molecule has 12 heteroatoms. The minimum Gasteiger partial charge on any atom is -0.471 e. The van der Waals surface area contributed by atoms with Crippen LogP contribution < -0.4 is 4.74 Å². The molecule has 0 aliphatic carbocycles. The quantitative estimate of drug-likeness (QED) is 0.296. The molecule has 0 aliphatic rings. The molecule has 5 aromatic rings. The van der Waals surface area contributed by atoms with E-state index < -0.39 is 5.97 Å². The van der Waals surface area contributed by atoms with Crippen molar-refractivity contribution in [3.63, 3.8) is 0 Å². The number of hydrogen-bond acceptors (Lipinski definition) is 9. The molecule has 0 unspecified atom stereocenters. The maximum Gasteiger partial charge on any atom is 0.341 e. The summed E-state index contributed by atoms with van der Waals surface area (Å²) in [4.78, 5) is 30.2. The smallest absolute Gasteiger partial charge is 0.341 e. The number of nitrogens with zero attached hydrogens (tertiary/aromatic N) is 9. The molecule has 0 bridgehead atoms. The van der Waals surface area contributed by atoms with Crippen molar-refractivity contribution >= 4 is 17.1 Å². The van der Waals surface area contributed by atoms with Crippen molar-refractivity contribution < 1.29 is 14.3 Å². The fraction of sp³-hybridized carbons (Fsp3) is 0.261. The molecule has 5 rings (SSSR count). The summed E-state index contributed by atoms with van der Waals surface area (Å²) in [5.41, 5.74) is 2.33. The summed E-state index contributed by atoms with van der Waals surface area (Å²) in [7, 11) is 0. The van der Waals surface area contributed by atoms with Gasteiger partial charge in [-0.3, -0.25) is 0 Å². The fourth-order valence-electron chi connectivity index (χ4n) is 3.53. The second-order valence-corrected chi connectivity index (χ2v) is 7.53. The van der Waals surface area contributed by atoms with Crippen molar-refractivity contribution in [3.05, 3.63) is 72.3 Å². The molecule has 12 nitrogen and oxygen atoms in total. The Hall–Kier alpha value is -4.61. The lowest BCUT2D eigenvalue weighted by Crippen LogP contribution is -2.11. The maximum absolute atomic E-state index is 12.1. The molecule has 0 saturated heterocycles. The molecular formula is C23H23N9O3. The van der Waals surface area contributed by atoms with Crippen LogP contribution in [0.3, 0.4) is 0 Å². The molecule has 0 atom stereocenters. The predicted octanol–water partition coefficient (Wildman–Crippen LogP) is 2.43. The first-order valence-corrected chi connectivity index (χ1v) is 11.1. The van der Waals surface area contributed by atoms with E-state index in [9.17, 15) is 4.79 Å². The zero-order valence-corrected chi connectivity index (χ0v) is 19.3. The van der Waals surface area contributed by atoms with Crippen molar-refractivity contribution in [1.82, 2.24) is 44.1 Å². The molecule has 4 heterocycles. The molecule has 0 saturated carbocycles. The third kappa shape index (κ3) is 4.58. The van der Waals surface area contributed by atoms with E-state index in [1.165, 1.54) is 23.4 Å². The topological polar surface area (TPSA) is 128 Å². The normalized spacial score (nSPS) is 11.1. The Kier molecular flexibility index (Phi) is 6.16. The molecule has 0 radical (unpaired) electrons. The number of imidazole rings is 1. The molecule has 0 N–H and O–H groups in total. The summed E-state index contributed by atoms with van der Waals surface area (Å²) in [6.45, 7) is 5.42. The summed E-state index contributed by atoms with van der Waals surface area (Å²) >= 11 is 0. The molecule has 35 heavy (non-hydrogen) atoms. The van der Waals surface area contributed by atoms with Gasteiger partial charge in [0, 0.05) is 12.7 Å². The van der Waals surface area contributed by atoms with Crippen molar-refractivity contribution in [2.45, 2.75) is 33.5 Å². The van der Waals surface area contributed by atoms with Gasteiger partial charge in [-0.15, -0.1) is 0 Å². The number of carbonyl (C=O) groups excluding carboxylic acids is 1. The number of ether oxygens (including phenoxy) is 2. The van der Waals surface area contributed by atoms with E-state index in [-0.39, 0.29) is 12.6 Å². The summed E-state index contributed by atoms with van der Waals surface area (Å²) < 4.78 is 16.2. The predicted molar refractivity (Wildman–Crippen MR) is 124 cm³/mol. The second-order valence-electron chi connectivity index (χ2n) is 7.53. The first kappa shape index (κ1) is 22.2. The Labute approximate surface area is 200 Å². The highest BCUT2D eigenvalue weighted by molar-refractivity contribution is 5.88. The molecule has 0 spiro atoms. The van der Waals surface area contributed by atoms with E-state index >= 15 is 0 Å². The first-order valence-electron chi connectivity index (χ1n) is 11.1. The number of rotatable bonds is 9. The highest BCUT2D eigenvalue weighted by atomic mass is 16.5. The number of aromatic nitrogens is 9. The van der Waals surface area contributed by atoms with Gasteiger partial charge in [0.1, 0.15) is 18.8 Å². The van der Waals surface area contributed by atoms with Gasteiger partial charge in [-0.25, -0.2) is 24.1 Å². The Morgan fingerprint density at radius 1 is 1.06 bits per heavy atom. The van der Waals surface area contributed by atoms with Gasteiger partial charge in [-0.2, -0.15) is 20.2 Å². The summed E-state index contributed by atoms with van der Waals surface area (Å²) in [5.74, 6) is 0.833. The van der Waals surface area contributed by atoms with Crippen LogP contribution in [-0.2, 0) is 24.4 Å². The lowest BCUT2D eigenvalue weighted by atomic mass is 10.2. The Morgan fingerprint density at radius 3 is 2.71 bits per heavy atom. The number of benzene rings is 1. The Balaban J connectivity index is 1.55. The van der Waals surface area contributed by atoms with Crippen LogP contribution in [0.1, 0.15) is 35.6 Å². The second kappa shape index (κ2) is 9.71. The van der Waals surface area contributed by atoms with Crippen LogP contribution in [0, 0.1) is 0 Å². The molecule has 0 fully saturated rings. The average molecular weight is 473 g/mol. The zero-order chi connectivity index (χ0) is 24.2. The van der Waals surface area contributed by atoms with Crippen molar-refractivity contribution in [2.24, 2.45) is 0 Å². The van der Waals surface area contributed by atoms with E-state index in [1.807, 2.05) is 41.8 Å². The van der Waals surface area contributed by atoms with E-state index in [0.717, 1.165) is 11.4 Å². The van der Waals surface area contributed by atoms with Gasteiger partial charge in [0.15, 0.2) is 11.2 Å². The van der Waals surface area contributed by atoms with Crippen LogP contribution in [0.25, 0.3) is 17.1 Å². The van der Waals surface area contributed by atoms with Gasteiger partial charge in [0.25, 0.3) is 5.95 Å². The number of hydrogen-bond donors (Lipinski definition) is 0. The van der Waals surface area contributed by atoms with Crippen LogP contribution in [0.2, 0.25) is 0 Å². The van der Waals surface area contributed by atoms with Gasteiger partial charge < -0.3 is 14.0 Å². The van der Waals surface area contributed by atoms with Crippen LogP contribution in [-0.4, -0.2) is 56.6 Å². The van der Waals surface area contributed by atoms with Crippen molar-refractivity contribution in [1.29, 1.82) is 0 Å². The highest BCUT2D eigenvalue weighted by Crippen LogP contribution is 2.24. The molecular weight excluding hydrogens is 450 g/mol. The van der Waals surface area contributed by atoms with E-state index in [4.69, 9.17) is 9.47 Å². The third-order valence-corrected chi connectivity index (χ3v) is 5.24. The van der Waals surface area contributed by atoms with Gasteiger partial charge in [0.2, 0.25) is 5.88 Å². The monoisotopic (exact) mass is 473 g/mol. The molecule has 178 valence electrons. The number of carbonyl (C=O) groups is 1. The fourth-order valence-corrected chi connectivity index (χ4v) is 3.53. The molecule has 4 aromatic heterocycles. The summed E-state index contributed by atoms with van der Waals surface area (Å²) in [6, 6.07) is 9.77. The average Bonchev–Trinajstić information content (AvgIpc) is 3.64. The third-order valence-electron chi connectivity index (χ3n) is 5.24. The largest absolute Gasteiger partial charge is 0.471 e. The number of fused-ring (bicyclic) bond motifs is 1. The lowest BCUT2D eigenvalue weighted by Gasteiger charge is -2.09. The van der Waals surface area contributed by atoms with E-state index in [1.54, 1.807) is 17.9 Å². The molecule has 0 aliphatic heterocycles. The summed E-state index contributed by atoms with van der Waals surface area (Å²) in [5, 5.41) is 8.48. The van der Waals surface area contributed by atoms with Crippen LogP contribution in [0.4, 0.5) is 0 Å². The van der Waals surface area contributed by atoms with Gasteiger partial charge in [-0.05, 0) is 19.4 Å². The maximum atomic E-state index is 12.1. The highest BCUT2D eigenvalue weighted by Gasteiger charge is 2.19. The standard InChI is InChI=1S/C23H23N9O3/c1-3-31-18(24-14-27-31)12-30-15-25-19-20(30)28-23(32-11-17(10-26-32)22(33)34-4-2)29-21(19)35-13-16-8-6-5-7-9-16/h5-11,14-15H,3-4,12-13H2,1-2H3. The number of aryl methyl sites for hydroxylation is 1. The van der Waals surface area contributed by atoms with E-state index in [0.29, 0.717) is 42.3 Å². The van der Waals surface area contributed by atoms with Gasteiger partial charge in [0.05, 0.1) is 31.2 Å². The van der Waals surface area contributed by atoms with Crippen LogP contribution >= 0.6 is 0 Å². The Morgan fingerprint density at radius 2 is 1.91 bits per heavy atom. The SMILES string of the molecule is CCOC(=O)c1cnn(-c2nc(OCc3ccccc3)c3ncn(Cc4ncnn4CC)c3n2)c1. The van der Waals surface area contributed by atoms with Crippen LogP contribution in [0.15, 0.2) is 55.4 Å². The molecule has 0 amide bonds. The summed E-state index contributed by atoms with van der Waals surface area (Å²) in [6.07, 6.45) is 6.12. The van der Waals surface area contributed by atoms with Crippen molar-refractivity contribution in [3.8, 4) is 11.8 Å². The molecule has 1 aromatic carbocycles.